The van der Waals surface area contributed by atoms with Crippen LogP contribution in [-0.4, -0.2) is 37.6 Å². The molecular formula is C23H26Cl4N2O4. The van der Waals surface area contributed by atoms with Crippen LogP contribution in [0.4, 0.5) is 0 Å². The fraction of sp³-hybridized carbons (Fsp3) is 0.391. The molecule has 6 nitrogen and oxygen atoms in total. The molecule has 0 aliphatic rings. The summed E-state index contributed by atoms with van der Waals surface area (Å²) in [6.07, 6.45) is 6.24. The molecule has 10 heteroatoms. The largest absolute Gasteiger partial charge is 0.490 e. The first kappa shape index (κ1) is 27.4. The number of rotatable bonds is 14. The Morgan fingerprint density at radius 1 is 1.06 bits per heavy atom. The van der Waals surface area contributed by atoms with E-state index in [1.165, 1.54) is 6.08 Å². The van der Waals surface area contributed by atoms with Gasteiger partial charge in [0.1, 0.15) is 23.5 Å². The number of nitrogens with zero attached hydrogens (tertiary/aromatic N) is 2. The molecule has 180 valence electrons. The van der Waals surface area contributed by atoms with Crippen molar-refractivity contribution < 1.29 is 19.0 Å². The fourth-order valence-electron chi connectivity index (χ4n) is 2.37. The number of pyridine rings is 1. The van der Waals surface area contributed by atoms with Crippen LogP contribution in [-0.2, 0) is 11.3 Å². The minimum absolute atomic E-state index is 0.123. The molecule has 0 aliphatic carbocycles. The monoisotopic (exact) mass is 534 g/mol. The molecule has 0 unspecified atom stereocenters. The molecule has 2 aromatic rings. The molecule has 1 aromatic heterocycles. The summed E-state index contributed by atoms with van der Waals surface area (Å²) < 4.78 is 16.9. The lowest BCUT2D eigenvalue weighted by Crippen LogP contribution is -2.06. The van der Waals surface area contributed by atoms with Gasteiger partial charge < -0.3 is 19.0 Å². The van der Waals surface area contributed by atoms with Crippen molar-refractivity contribution in [1.82, 2.24) is 4.98 Å². The van der Waals surface area contributed by atoms with Crippen molar-refractivity contribution in [3.8, 4) is 17.4 Å². The van der Waals surface area contributed by atoms with Gasteiger partial charge in [0, 0.05) is 43.5 Å². The van der Waals surface area contributed by atoms with Gasteiger partial charge in [0.05, 0.1) is 23.3 Å². The molecular weight excluding hydrogens is 510 g/mol. The fourth-order valence-corrected chi connectivity index (χ4v) is 3.08. The maximum Gasteiger partial charge on any atom is 0.213 e. The van der Waals surface area contributed by atoms with Crippen molar-refractivity contribution in [3.63, 3.8) is 0 Å². The van der Waals surface area contributed by atoms with E-state index in [1.54, 1.807) is 24.5 Å². The van der Waals surface area contributed by atoms with Gasteiger partial charge in [-0.05, 0) is 17.6 Å². The molecule has 0 spiro atoms. The number of oxime groups is 1. The predicted octanol–water partition coefficient (Wildman–Crippen LogP) is 7.14. The second-order valence-electron chi connectivity index (χ2n) is 7.26. The molecule has 0 radical (unpaired) electrons. The molecule has 0 aliphatic heterocycles. The summed E-state index contributed by atoms with van der Waals surface area (Å²) in [5.41, 5.74) is 1.01. The molecule has 2 rings (SSSR count). The molecule has 0 saturated heterocycles. The average Bonchev–Trinajstić information content (AvgIpc) is 2.75. The first-order valence-electron chi connectivity index (χ1n) is 10.3. The quantitative estimate of drug-likeness (QED) is 0.146. The number of halogens is 4. The van der Waals surface area contributed by atoms with Crippen LogP contribution >= 0.6 is 46.4 Å². The van der Waals surface area contributed by atoms with Crippen LogP contribution in [0.2, 0.25) is 10.0 Å². The van der Waals surface area contributed by atoms with E-state index in [9.17, 15) is 0 Å². The summed E-state index contributed by atoms with van der Waals surface area (Å²) in [5, 5.41) is 4.61. The molecule has 33 heavy (non-hydrogen) atoms. The summed E-state index contributed by atoms with van der Waals surface area (Å²) in [4.78, 5) is 9.46. The lowest BCUT2D eigenvalue weighted by molar-refractivity contribution is 0.119. The molecule has 0 N–H and O–H groups in total. The van der Waals surface area contributed by atoms with Gasteiger partial charge in [-0.3, -0.25) is 0 Å². The van der Waals surface area contributed by atoms with Crippen molar-refractivity contribution in [3.05, 3.63) is 56.6 Å². The van der Waals surface area contributed by atoms with Crippen molar-refractivity contribution in [2.24, 2.45) is 11.1 Å². The van der Waals surface area contributed by atoms with E-state index in [1.807, 2.05) is 12.1 Å². The van der Waals surface area contributed by atoms with Crippen LogP contribution in [0.15, 0.2) is 46.2 Å². The molecule has 0 saturated carbocycles. The summed E-state index contributed by atoms with van der Waals surface area (Å²) in [5.74, 6) is 1.85. The third-order valence-electron chi connectivity index (χ3n) is 3.93. The third kappa shape index (κ3) is 11.2. The maximum absolute atomic E-state index is 6.25. The predicted molar refractivity (Wildman–Crippen MR) is 135 cm³/mol. The Hall–Kier alpha value is -1.86. The topological polar surface area (TPSA) is 62.2 Å². The summed E-state index contributed by atoms with van der Waals surface area (Å²) >= 11 is 23.6. The maximum atomic E-state index is 6.25. The van der Waals surface area contributed by atoms with E-state index in [0.29, 0.717) is 66.0 Å². The second kappa shape index (κ2) is 15.1. The summed E-state index contributed by atoms with van der Waals surface area (Å²) in [7, 11) is 0. The molecule has 0 bridgehead atoms. The Morgan fingerprint density at radius 3 is 2.42 bits per heavy atom. The molecule has 0 amide bonds. The normalized spacial score (nSPS) is 11.0. The van der Waals surface area contributed by atoms with Crippen LogP contribution in [0.5, 0.6) is 17.4 Å². The van der Waals surface area contributed by atoms with Crippen LogP contribution in [0.3, 0.4) is 0 Å². The van der Waals surface area contributed by atoms with E-state index in [2.05, 4.69) is 24.0 Å². The highest BCUT2D eigenvalue weighted by Gasteiger charge is 2.11. The SMILES string of the molecule is CC(C)CO/N=C/Cc1ccc(OCCCOc2c(Cl)cc(OCC=C(Cl)Cl)cc2Cl)nc1. The number of hydrogen-bond acceptors (Lipinski definition) is 6. The van der Waals surface area contributed by atoms with Gasteiger partial charge in [-0.2, -0.15) is 0 Å². The van der Waals surface area contributed by atoms with Crippen molar-refractivity contribution in [1.29, 1.82) is 0 Å². The number of ether oxygens (including phenoxy) is 3. The van der Waals surface area contributed by atoms with Gasteiger partial charge in [-0.1, -0.05) is 71.5 Å². The van der Waals surface area contributed by atoms with Gasteiger partial charge in [-0.25, -0.2) is 4.98 Å². The van der Waals surface area contributed by atoms with Crippen molar-refractivity contribution in [2.75, 3.05) is 26.4 Å². The third-order valence-corrected chi connectivity index (χ3v) is 4.80. The van der Waals surface area contributed by atoms with Crippen molar-refractivity contribution in [2.45, 2.75) is 26.7 Å². The molecule has 0 atom stereocenters. The van der Waals surface area contributed by atoms with E-state index < -0.39 is 0 Å². The highest BCUT2D eigenvalue weighted by atomic mass is 35.5. The number of aromatic nitrogens is 1. The first-order chi connectivity index (χ1) is 15.8. The van der Waals surface area contributed by atoms with Crippen molar-refractivity contribution >= 4 is 52.6 Å². The number of hydrogen-bond donors (Lipinski definition) is 0. The number of benzene rings is 1. The van der Waals surface area contributed by atoms with E-state index in [0.717, 1.165) is 5.56 Å². The lowest BCUT2D eigenvalue weighted by Gasteiger charge is -2.12. The first-order valence-corrected chi connectivity index (χ1v) is 11.8. The minimum atomic E-state index is 0.123. The highest BCUT2D eigenvalue weighted by Crippen LogP contribution is 2.37. The van der Waals surface area contributed by atoms with Gasteiger partial charge in [0.15, 0.2) is 5.75 Å². The van der Waals surface area contributed by atoms with Gasteiger partial charge in [0.25, 0.3) is 0 Å². The minimum Gasteiger partial charge on any atom is -0.490 e. The zero-order valence-corrected chi connectivity index (χ0v) is 21.4. The molecule has 1 aromatic carbocycles. The Morgan fingerprint density at radius 2 is 1.79 bits per heavy atom. The lowest BCUT2D eigenvalue weighted by atomic mass is 10.2. The zero-order chi connectivity index (χ0) is 24.1. The Kier molecular flexibility index (Phi) is 12.5. The molecule has 1 heterocycles. The zero-order valence-electron chi connectivity index (χ0n) is 18.4. The van der Waals surface area contributed by atoms with Gasteiger partial charge in [-0.15, -0.1) is 0 Å². The van der Waals surface area contributed by atoms with E-state index >= 15 is 0 Å². The Labute approximate surface area is 214 Å². The van der Waals surface area contributed by atoms with Gasteiger partial charge >= 0.3 is 0 Å². The van der Waals surface area contributed by atoms with Crippen LogP contribution < -0.4 is 14.2 Å². The van der Waals surface area contributed by atoms with Gasteiger partial charge in [0.2, 0.25) is 5.88 Å². The van der Waals surface area contributed by atoms with E-state index in [4.69, 9.17) is 65.5 Å². The second-order valence-corrected chi connectivity index (χ2v) is 9.08. The molecule has 0 fully saturated rings. The Bertz CT molecular complexity index is 894. The summed E-state index contributed by atoms with van der Waals surface area (Å²) in [6.45, 7) is 5.74. The van der Waals surface area contributed by atoms with Crippen LogP contribution in [0, 0.1) is 5.92 Å². The standard InChI is InChI=1S/C23H26Cl4N2O4/c1-16(2)15-33-29-8-6-17-4-5-22(28-14-17)31-9-3-10-32-23-19(24)12-18(13-20(23)25)30-11-7-21(26)27/h4-5,7-8,12-14,16H,3,6,9-11,15H2,1-2H3/b29-8+. The van der Waals surface area contributed by atoms with Crippen LogP contribution in [0.25, 0.3) is 0 Å². The smallest absolute Gasteiger partial charge is 0.213 e. The van der Waals surface area contributed by atoms with E-state index in [-0.39, 0.29) is 11.1 Å². The average molecular weight is 536 g/mol. The van der Waals surface area contributed by atoms with Crippen LogP contribution in [0.1, 0.15) is 25.8 Å². The summed E-state index contributed by atoms with van der Waals surface area (Å²) in [6, 6.07) is 6.98. The highest BCUT2D eigenvalue weighted by molar-refractivity contribution is 6.55. The Balaban J connectivity index is 1.70.